The number of nitrogens with two attached hydrogens (primary N) is 1. The molecule has 0 bridgehead atoms. The van der Waals surface area contributed by atoms with Crippen LogP contribution in [0.1, 0.15) is 0 Å². The first-order chi connectivity index (χ1) is 6.75. The van der Waals surface area contributed by atoms with Gasteiger partial charge in [-0.2, -0.15) is 5.10 Å². The van der Waals surface area contributed by atoms with Crippen LogP contribution in [-0.2, 0) is 0 Å². The largest absolute Gasteiger partial charge is 0.383 e. The quantitative estimate of drug-likeness (QED) is 0.827. The fourth-order valence-corrected chi connectivity index (χ4v) is 1.91. The number of halogens is 1. The number of aromatic nitrogens is 2. The zero-order valence-electron chi connectivity index (χ0n) is 7.20. The van der Waals surface area contributed by atoms with Crippen LogP contribution in [0.25, 0.3) is 0 Å². The summed E-state index contributed by atoms with van der Waals surface area (Å²) in [5, 5.41) is 7.25. The van der Waals surface area contributed by atoms with Crippen LogP contribution in [0.15, 0.2) is 40.3 Å². The van der Waals surface area contributed by atoms with Crippen molar-refractivity contribution >= 4 is 29.2 Å². The number of hydrogen-bond acceptors (Lipinski definition) is 3. The summed E-state index contributed by atoms with van der Waals surface area (Å²) in [5.41, 5.74) is 5.65. The van der Waals surface area contributed by atoms with Gasteiger partial charge in [0.05, 0.1) is 11.1 Å². The standard InChI is InChI=1S/C9H8ClN3S/c10-6-1-3-7(4-2-6)14-8-5-12-13-9(8)11/h1-5H,(H3,11,12,13). The van der Waals surface area contributed by atoms with Crippen molar-refractivity contribution in [1.82, 2.24) is 10.2 Å². The maximum atomic E-state index is 5.77. The minimum atomic E-state index is 0.588. The summed E-state index contributed by atoms with van der Waals surface area (Å²) in [5.74, 6) is 0.588. The van der Waals surface area contributed by atoms with Gasteiger partial charge in [0.2, 0.25) is 0 Å². The van der Waals surface area contributed by atoms with Crippen molar-refractivity contribution in [3.05, 3.63) is 35.5 Å². The maximum absolute atomic E-state index is 5.77. The number of benzene rings is 1. The average Bonchev–Trinajstić information content (AvgIpc) is 2.56. The van der Waals surface area contributed by atoms with Crippen molar-refractivity contribution in [2.45, 2.75) is 9.79 Å². The summed E-state index contributed by atoms with van der Waals surface area (Å²) >= 11 is 7.32. The Morgan fingerprint density at radius 3 is 2.57 bits per heavy atom. The van der Waals surface area contributed by atoms with E-state index in [9.17, 15) is 0 Å². The number of nitrogen functional groups attached to an aromatic ring is 1. The predicted molar refractivity (Wildman–Crippen MR) is 58.6 cm³/mol. The SMILES string of the molecule is Nc1[nH]ncc1Sc1ccc(Cl)cc1. The van der Waals surface area contributed by atoms with E-state index in [0.717, 1.165) is 14.8 Å². The molecule has 0 radical (unpaired) electrons. The van der Waals surface area contributed by atoms with Crippen molar-refractivity contribution in [3.63, 3.8) is 0 Å². The van der Waals surface area contributed by atoms with Gasteiger partial charge in [0.1, 0.15) is 5.82 Å². The molecule has 0 saturated heterocycles. The Labute approximate surface area is 90.7 Å². The monoisotopic (exact) mass is 225 g/mol. The van der Waals surface area contributed by atoms with Gasteiger partial charge in [-0.05, 0) is 24.3 Å². The van der Waals surface area contributed by atoms with Crippen LogP contribution in [0.4, 0.5) is 5.82 Å². The maximum Gasteiger partial charge on any atom is 0.133 e. The fraction of sp³-hybridized carbons (Fsp3) is 0. The molecule has 0 spiro atoms. The van der Waals surface area contributed by atoms with Crippen molar-refractivity contribution in [1.29, 1.82) is 0 Å². The van der Waals surface area contributed by atoms with Crippen LogP contribution >= 0.6 is 23.4 Å². The van der Waals surface area contributed by atoms with E-state index in [4.69, 9.17) is 17.3 Å². The summed E-state index contributed by atoms with van der Waals surface area (Å²) in [6.45, 7) is 0. The normalized spacial score (nSPS) is 10.4. The van der Waals surface area contributed by atoms with Gasteiger partial charge in [-0.1, -0.05) is 23.4 Å². The molecular formula is C9H8ClN3S. The van der Waals surface area contributed by atoms with Gasteiger partial charge in [0.15, 0.2) is 0 Å². The van der Waals surface area contributed by atoms with E-state index >= 15 is 0 Å². The fourth-order valence-electron chi connectivity index (χ4n) is 0.996. The first-order valence-electron chi connectivity index (χ1n) is 3.98. The minimum absolute atomic E-state index is 0.588. The molecule has 0 aliphatic rings. The van der Waals surface area contributed by atoms with E-state index in [1.807, 2.05) is 24.3 Å². The second kappa shape index (κ2) is 3.94. The molecule has 0 atom stereocenters. The lowest BCUT2D eigenvalue weighted by Crippen LogP contribution is -1.85. The Bertz CT molecular complexity index is 424. The molecule has 0 amide bonds. The van der Waals surface area contributed by atoms with E-state index in [-0.39, 0.29) is 0 Å². The zero-order chi connectivity index (χ0) is 9.97. The summed E-state index contributed by atoms with van der Waals surface area (Å²) in [6, 6.07) is 7.58. The molecular weight excluding hydrogens is 218 g/mol. The Morgan fingerprint density at radius 2 is 2.00 bits per heavy atom. The second-order valence-electron chi connectivity index (χ2n) is 2.70. The first kappa shape index (κ1) is 9.43. The number of aromatic amines is 1. The number of rotatable bonds is 2. The third kappa shape index (κ3) is 2.02. The highest BCUT2D eigenvalue weighted by Crippen LogP contribution is 2.30. The Balaban J connectivity index is 2.19. The van der Waals surface area contributed by atoms with Gasteiger partial charge in [-0.3, -0.25) is 5.10 Å². The lowest BCUT2D eigenvalue weighted by atomic mass is 10.4. The Morgan fingerprint density at radius 1 is 1.29 bits per heavy atom. The second-order valence-corrected chi connectivity index (χ2v) is 4.26. The van der Waals surface area contributed by atoms with Gasteiger partial charge in [-0.15, -0.1) is 0 Å². The number of nitrogens with zero attached hydrogens (tertiary/aromatic N) is 1. The summed E-state index contributed by atoms with van der Waals surface area (Å²) in [7, 11) is 0. The molecule has 1 aromatic carbocycles. The van der Waals surface area contributed by atoms with Gasteiger partial charge in [-0.25, -0.2) is 0 Å². The summed E-state index contributed by atoms with van der Waals surface area (Å²) in [4.78, 5) is 2.01. The van der Waals surface area contributed by atoms with Crippen LogP contribution in [-0.4, -0.2) is 10.2 Å². The highest BCUT2D eigenvalue weighted by Gasteiger charge is 2.02. The van der Waals surface area contributed by atoms with Gasteiger partial charge < -0.3 is 5.73 Å². The molecule has 5 heteroatoms. The molecule has 0 unspecified atom stereocenters. The van der Waals surface area contributed by atoms with Gasteiger partial charge >= 0.3 is 0 Å². The molecule has 1 heterocycles. The molecule has 0 aliphatic heterocycles. The smallest absolute Gasteiger partial charge is 0.133 e. The molecule has 0 aliphatic carbocycles. The van der Waals surface area contributed by atoms with Crippen molar-refractivity contribution < 1.29 is 0 Å². The van der Waals surface area contributed by atoms with Gasteiger partial charge in [0, 0.05) is 9.92 Å². The van der Waals surface area contributed by atoms with Crippen molar-refractivity contribution in [3.8, 4) is 0 Å². The average molecular weight is 226 g/mol. The number of anilines is 1. The van der Waals surface area contributed by atoms with E-state index in [1.165, 1.54) is 0 Å². The van der Waals surface area contributed by atoms with Crippen LogP contribution < -0.4 is 5.73 Å². The molecule has 3 nitrogen and oxygen atoms in total. The third-order valence-electron chi connectivity index (χ3n) is 1.67. The molecule has 2 aromatic rings. The Hall–Kier alpha value is -1.13. The Kier molecular flexibility index (Phi) is 2.65. The van der Waals surface area contributed by atoms with Crippen LogP contribution in [0.5, 0.6) is 0 Å². The molecule has 72 valence electrons. The lowest BCUT2D eigenvalue weighted by Gasteiger charge is -1.99. The zero-order valence-corrected chi connectivity index (χ0v) is 8.77. The van der Waals surface area contributed by atoms with Gasteiger partial charge in [0.25, 0.3) is 0 Å². The molecule has 14 heavy (non-hydrogen) atoms. The van der Waals surface area contributed by atoms with Crippen LogP contribution in [0.3, 0.4) is 0 Å². The predicted octanol–water partition coefficient (Wildman–Crippen LogP) is 2.80. The topological polar surface area (TPSA) is 54.7 Å². The highest BCUT2D eigenvalue weighted by atomic mass is 35.5. The number of nitrogens with one attached hydrogen (secondary N) is 1. The summed E-state index contributed by atoms with van der Waals surface area (Å²) < 4.78 is 0. The van der Waals surface area contributed by atoms with Crippen LogP contribution in [0.2, 0.25) is 5.02 Å². The number of hydrogen-bond donors (Lipinski definition) is 2. The third-order valence-corrected chi connectivity index (χ3v) is 2.98. The van der Waals surface area contributed by atoms with E-state index in [2.05, 4.69) is 10.2 Å². The molecule has 1 aromatic heterocycles. The highest BCUT2D eigenvalue weighted by molar-refractivity contribution is 7.99. The lowest BCUT2D eigenvalue weighted by molar-refractivity contribution is 1.10. The van der Waals surface area contributed by atoms with E-state index in [0.29, 0.717) is 5.82 Å². The minimum Gasteiger partial charge on any atom is -0.383 e. The van der Waals surface area contributed by atoms with Crippen molar-refractivity contribution in [2.24, 2.45) is 0 Å². The van der Waals surface area contributed by atoms with E-state index < -0.39 is 0 Å². The first-order valence-corrected chi connectivity index (χ1v) is 5.17. The molecule has 0 fully saturated rings. The molecule has 0 saturated carbocycles. The summed E-state index contributed by atoms with van der Waals surface area (Å²) in [6.07, 6.45) is 1.70. The van der Waals surface area contributed by atoms with Crippen molar-refractivity contribution in [2.75, 3.05) is 5.73 Å². The number of H-pyrrole nitrogens is 1. The molecule has 2 rings (SSSR count). The van der Waals surface area contributed by atoms with E-state index in [1.54, 1.807) is 18.0 Å². The van der Waals surface area contributed by atoms with Crippen LogP contribution in [0, 0.1) is 0 Å². The molecule has 3 N–H and O–H groups in total.